The number of nitrogens with one attached hydrogen (secondary N) is 2. The summed E-state index contributed by atoms with van der Waals surface area (Å²) in [5.74, 6) is -3.18. The van der Waals surface area contributed by atoms with E-state index in [0.29, 0.717) is 52.1 Å². The summed E-state index contributed by atoms with van der Waals surface area (Å²) in [5.41, 5.74) is 5.39. The number of likely N-dealkylation sites (tertiary alicyclic amines) is 1. The molecule has 2 aliphatic carbocycles. The third-order valence-electron chi connectivity index (χ3n) is 12.5. The first-order chi connectivity index (χ1) is 20.0. The van der Waals surface area contributed by atoms with Crippen LogP contribution in [0.1, 0.15) is 64.2 Å². The maximum atomic E-state index is 16.1. The van der Waals surface area contributed by atoms with E-state index in [1.165, 1.54) is 0 Å². The Morgan fingerprint density at radius 2 is 1.76 bits per heavy atom. The number of hydrogen-bond acceptors (Lipinski definition) is 6. The Balaban J connectivity index is 1.06. The van der Waals surface area contributed by atoms with Gasteiger partial charge in [-0.05, 0) is 82.6 Å². The quantitative estimate of drug-likeness (QED) is 0.450. The third kappa shape index (κ3) is 4.99. The van der Waals surface area contributed by atoms with Gasteiger partial charge < -0.3 is 9.64 Å². The summed E-state index contributed by atoms with van der Waals surface area (Å²) in [4.78, 5) is 19.9. The Morgan fingerprint density at radius 3 is 2.38 bits per heavy atom. The monoisotopic (exact) mass is 603 g/mol. The van der Waals surface area contributed by atoms with Gasteiger partial charge in [-0.25, -0.2) is 19.6 Å². The molecule has 0 aromatic heterocycles. The summed E-state index contributed by atoms with van der Waals surface area (Å²) in [6, 6.07) is 0.0754. The van der Waals surface area contributed by atoms with Gasteiger partial charge in [-0.1, -0.05) is 6.42 Å². The topological polar surface area (TPSA) is 60.1 Å². The van der Waals surface area contributed by atoms with Crippen LogP contribution < -0.4 is 10.9 Å². The molecule has 2 saturated carbocycles. The smallest absolute Gasteiger partial charge is 0.380 e. The molecule has 7 rings (SSSR count). The van der Waals surface area contributed by atoms with Crippen LogP contribution >= 0.6 is 0 Å². The second-order valence-corrected chi connectivity index (χ2v) is 14.7. The highest BCUT2D eigenvalue weighted by molar-refractivity contribution is 5.82. The number of alkyl halides is 5. The molecule has 11 atom stereocenters. The van der Waals surface area contributed by atoms with Crippen LogP contribution in [0.2, 0.25) is 0 Å². The van der Waals surface area contributed by atoms with Gasteiger partial charge in [-0.2, -0.15) is 13.2 Å². The normalized spacial score (nSPS) is 45.2. The fourth-order valence-corrected chi connectivity index (χ4v) is 10.2. The second kappa shape index (κ2) is 11.1. The molecule has 5 aliphatic heterocycles. The molecule has 42 heavy (non-hydrogen) atoms. The molecule has 12 heteroatoms. The third-order valence-corrected chi connectivity index (χ3v) is 12.5. The minimum atomic E-state index is -4.36. The van der Waals surface area contributed by atoms with Crippen molar-refractivity contribution in [1.29, 1.82) is 0 Å². The lowest BCUT2D eigenvalue weighted by atomic mass is 9.63. The van der Waals surface area contributed by atoms with Crippen molar-refractivity contribution in [2.24, 2.45) is 35.0 Å². The zero-order valence-electron chi connectivity index (χ0n) is 24.5. The maximum absolute atomic E-state index is 16.1. The number of carbonyl (C=O) groups is 1. The molecular weight excluding hydrogens is 557 g/mol. The summed E-state index contributed by atoms with van der Waals surface area (Å²) in [6.07, 6.45) is -0.473. The fourth-order valence-electron chi connectivity index (χ4n) is 10.2. The number of nitrogens with zero attached hydrogens (tertiary/aromatic N) is 3. The number of halogens is 5. The van der Waals surface area contributed by atoms with E-state index in [4.69, 9.17) is 4.74 Å². The van der Waals surface area contributed by atoms with E-state index < -0.39 is 47.9 Å². The summed E-state index contributed by atoms with van der Waals surface area (Å²) in [7, 11) is 1.87. The van der Waals surface area contributed by atoms with Gasteiger partial charge in [0.15, 0.2) is 0 Å². The lowest BCUT2D eigenvalue weighted by Crippen LogP contribution is -2.63. The number of amides is 1. The van der Waals surface area contributed by atoms with Crippen LogP contribution in [0.25, 0.3) is 0 Å². The second-order valence-electron chi connectivity index (χ2n) is 14.7. The number of piperidine rings is 1. The molecule has 0 radical (unpaired) electrons. The molecule has 8 unspecified atom stereocenters. The highest BCUT2D eigenvalue weighted by atomic mass is 19.4. The number of rotatable bonds is 6. The maximum Gasteiger partial charge on any atom is 0.392 e. The molecule has 7 nitrogen and oxygen atoms in total. The molecule has 238 valence electrons. The van der Waals surface area contributed by atoms with E-state index in [2.05, 4.69) is 15.8 Å². The van der Waals surface area contributed by atoms with Gasteiger partial charge in [-0.3, -0.25) is 14.6 Å². The highest BCUT2D eigenvalue weighted by Gasteiger charge is 2.60. The van der Waals surface area contributed by atoms with Crippen LogP contribution in [0.4, 0.5) is 22.0 Å². The lowest BCUT2D eigenvalue weighted by molar-refractivity contribution is -0.206. The Labute approximate surface area is 245 Å². The van der Waals surface area contributed by atoms with E-state index in [9.17, 15) is 22.4 Å². The van der Waals surface area contributed by atoms with Crippen molar-refractivity contribution in [2.45, 2.75) is 107 Å². The predicted molar refractivity (Wildman–Crippen MR) is 145 cm³/mol. The molecule has 0 spiro atoms. The summed E-state index contributed by atoms with van der Waals surface area (Å²) in [5, 5.41) is 0. The first kappa shape index (κ1) is 29.6. The average Bonchev–Trinajstić information content (AvgIpc) is 3.56. The van der Waals surface area contributed by atoms with Crippen molar-refractivity contribution in [1.82, 2.24) is 25.6 Å². The minimum Gasteiger partial charge on any atom is -0.380 e. The minimum absolute atomic E-state index is 0.00583. The van der Waals surface area contributed by atoms with Gasteiger partial charge >= 0.3 is 6.18 Å². The number of hydrogen-bond donors (Lipinski definition) is 2. The van der Waals surface area contributed by atoms with E-state index in [0.717, 1.165) is 32.1 Å². The molecule has 2 bridgehead atoms. The van der Waals surface area contributed by atoms with Gasteiger partial charge in [0.25, 0.3) is 0 Å². The van der Waals surface area contributed by atoms with Gasteiger partial charge in [0.05, 0.1) is 31.2 Å². The van der Waals surface area contributed by atoms with E-state index in [-0.39, 0.29) is 48.8 Å². The summed E-state index contributed by atoms with van der Waals surface area (Å²) < 4.78 is 79.4. The van der Waals surface area contributed by atoms with Crippen LogP contribution in [0.3, 0.4) is 0 Å². The highest BCUT2D eigenvalue weighted by Crippen LogP contribution is 2.54. The van der Waals surface area contributed by atoms with Crippen molar-refractivity contribution in [3.63, 3.8) is 0 Å². The molecule has 0 aromatic carbocycles. The number of carbonyl (C=O) groups excluding carboxylic acids is 1. The summed E-state index contributed by atoms with van der Waals surface area (Å²) >= 11 is 0. The Hall–Kier alpha value is -1.08. The van der Waals surface area contributed by atoms with Gasteiger partial charge in [-0.15, -0.1) is 0 Å². The Morgan fingerprint density at radius 1 is 1.02 bits per heavy atom. The largest absolute Gasteiger partial charge is 0.392 e. The number of fused-ring (bicyclic) bond motifs is 3. The molecule has 7 aliphatic rings. The molecule has 5 heterocycles. The molecular formula is C30H46F5N5O2. The predicted octanol–water partition coefficient (Wildman–Crippen LogP) is 3.85. The molecule has 5 saturated heterocycles. The first-order valence-electron chi connectivity index (χ1n) is 16.2. The zero-order chi connectivity index (χ0) is 29.4. The molecule has 0 aromatic rings. The van der Waals surface area contributed by atoms with Gasteiger partial charge in [0.1, 0.15) is 18.5 Å². The van der Waals surface area contributed by atoms with Crippen molar-refractivity contribution in [3.8, 4) is 0 Å². The molecule has 1 amide bonds. The molecule has 7 fully saturated rings. The van der Waals surface area contributed by atoms with Crippen LogP contribution in [0.15, 0.2) is 0 Å². The van der Waals surface area contributed by atoms with Crippen LogP contribution in [-0.2, 0) is 9.53 Å². The molecule has 2 N–H and O–H groups in total. The standard InChI is InChI=1S/C30H46F5N5O2/c1-38-16-36-37-27(38)26(32)29(14-42-15-29)18-3-2-4-20(9-18)40-13-24-23(28(40)41)7-17(8-25(24)30(33,34)35)12-39-21-5-6-22(39)11-19(31)10-21/h17-27,36-37H,2-16H2,1H3/t17?,18?,19?,20?,21-,22+,23?,24?,25?,26-,27?/m1/s1. The summed E-state index contributed by atoms with van der Waals surface area (Å²) in [6.45, 7) is 1.88. The van der Waals surface area contributed by atoms with Crippen LogP contribution in [0, 0.1) is 35.0 Å². The van der Waals surface area contributed by atoms with E-state index in [1.54, 1.807) is 4.90 Å². The first-order valence-corrected chi connectivity index (χ1v) is 16.2. The number of hydrazine groups is 1. The van der Waals surface area contributed by atoms with Crippen molar-refractivity contribution in [3.05, 3.63) is 0 Å². The lowest BCUT2D eigenvalue weighted by Gasteiger charge is -2.53. The Kier molecular flexibility index (Phi) is 7.80. The number of ether oxygens (including phenoxy) is 1. The zero-order valence-corrected chi connectivity index (χ0v) is 24.5. The van der Waals surface area contributed by atoms with Crippen LogP contribution in [0.5, 0.6) is 0 Å². The van der Waals surface area contributed by atoms with Crippen LogP contribution in [-0.4, -0.2) is 103 Å². The SMILES string of the molecule is CN1CNNC1[C@@H](F)C1(C2CCCC(N3CC4C(CC(CN5[C@@H]6CC[C@H]5CC(F)C6)CC4C(F)(F)F)C3=O)C2)COC1. The van der Waals surface area contributed by atoms with Crippen molar-refractivity contribution < 1.29 is 31.5 Å². The van der Waals surface area contributed by atoms with Gasteiger partial charge in [0.2, 0.25) is 5.91 Å². The van der Waals surface area contributed by atoms with E-state index >= 15 is 4.39 Å². The van der Waals surface area contributed by atoms with E-state index in [1.807, 2.05) is 11.9 Å². The van der Waals surface area contributed by atoms with Crippen molar-refractivity contribution >= 4 is 5.91 Å². The Bertz CT molecular complexity index is 1000. The van der Waals surface area contributed by atoms with Crippen molar-refractivity contribution in [2.75, 3.05) is 40.0 Å². The average molecular weight is 604 g/mol. The fraction of sp³-hybridized carbons (Fsp3) is 0.967. The van der Waals surface area contributed by atoms with Gasteiger partial charge in [0, 0.05) is 37.1 Å².